The van der Waals surface area contributed by atoms with E-state index in [-0.39, 0.29) is 0 Å². The highest BCUT2D eigenvalue weighted by molar-refractivity contribution is 5.72. The Kier molecular flexibility index (Phi) is 4.18. The molecule has 1 saturated heterocycles. The first-order chi connectivity index (χ1) is 6.24. The monoisotopic (exact) mass is 187 g/mol. The number of hydrogen-bond acceptors (Lipinski definition) is 3. The fourth-order valence-electron chi connectivity index (χ4n) is 1.65. The van der Waals surface area contributed by atoms with Crippen LogP contribution in [0.3, 0.4) is 0 Å². The average Bonchev–Trinajstić information content (AvgIpc) is 2.57. The Hall–Kier alpha value is -0.610. The Bertz CT molecular complexity index is 166. The summed E-state index contributed by atoms with van der Waals surface area (Å²) in [5, 5.41) is 8.70. The van der Waals surface area contributed by atoms with Gasteiger partial charge in [0.25, 0.3) is 0 Å². The van der Waals surface area contributed by atoms with E-state index in [0.29, 0.717) is 6.42 Å². The SMILES string of the molecule is COC(CCN1CCCC1)C(=O)O. The molecule has 4 heteroatoms. The highest BCUT2D eigenvalue weighted by Crippen LogP contribution is 2.09. The summed E-state index contributed by atoms with van der Waals surface area (Å²) < 4.78 is 4.85. The first-order valence-electron chi connectivity index (χ1n) is 4.72. The molecule has 0 aliphatic carbocycles. The van der Waals surface area contributed by atoms with Crippen molar-refractivity contribution >= 4 is 5.97 Å². The summed E-state index contributed by atoms with van der Waals surface area (Å²) in [5.74, 6) is -0.860. The summed E-state index contributed by atoms with van der Waals surface area (Å²) in [6.07, 6.45) is 2.43. The number of carboxylic acids is 1. The molecule has 0 aromatic carbocycles. The lowest BCUT2D eigenvalue weighted by Gasteiger charge is -2.17. The molecule has 1 rings (SSSR count). The van der Waals surface area contributed by atoms with Crippen molar-refractivity contribution in [2.45, 2.75) is 25.4 Å². The number of aliphatic carboxylic acids is 1. The quantitative estimate of drug-likeness (QED) is 0.683. The van der Waals surface area contributed by atoms with E-state index in [9.17, 15) is 4.79 Å². The minimum atomic E-state index is -0.860. The second-order valence-corrected chi connectivity index (χ2v) is 3.40. The van der Waals surface area contributed by atoms with Gasteiger partial charge in [0.15, 0.2) is 6.10 Å². The number of nitrogens with zero attached hydrogens (tertiary/aromatic N) is 1. The Balaban J connectivity index is 2.18. The predicted octanol–water partition coefficient (Wildman–Crippen LogP) is 0.572. The van der Waals surface area contributed by atoms with Crippen molar-refractivity contribution in [2.24, 2.45) is 0 Å². The molecule has 0 bridgehead atoms. The number of ether oxygens (including phenoxy) is 1. The zero-order chi connectivity index (χ0) is 9.68. The largest absolute Gasteiger partial charge is 0.479 e. The molecule has 0 amide bonds. The first-order valence-corrected chi connectivity index (χ1v) is 4.72. The van der Waals surface area contributed by atoms with Gasteiger partial charge in [-0.1, -0.05) is 0 Å². The van der Waals surface area contributed by atoms with Gasteiger partial charge in [0.2, 0.25) is 0 Å². The molecule has 1 N–H and O–H groups in total. The molecule has 0 aromatic rings. The van der Waals surface area contributed by atoms with Crippen LogP contribution in [0.2, 0.25) is 0 Å². The molecular formula is C9H17NO3. The van der Waals surface area contributed by atoms with Gasteiger partial charge >= 0.3 is 5.97 Å². The van der Waals surface area contributed by atoms with Gasteiger partial charge in [-0.05, 0) is 32.4 Å². The summed E-state index contributed by atoms with van der Waals surface area (Å²) in [4.78, 5) is 12.9. The van der Waals surface area contributed by atoms with E-state index in [1.54, 1.807) is 0 Å². The molecule has 13 heavy (non-hydrogen) atoms. The fourth-order valence-corrected chi connectivity index (χ4v) is 1.65. The van der Waals surface area contributed by atoms with Crippen molar-refractivity contribution in [3.63, 3.8) is 0 Å². The summed E-state index contributed by atoms with van der Waals surface area (Å²) >= 11 is 0. The molecule has 1 unspecified atom stereocenters. The molecule has 1 fully saturated rings. The molecule has 0 saturated carbocycles. The number of rotatable bonds is 5. The van der Waals surface area contributed by atoms with Crippen LogP contribution in [0.25, 0.3) is 0 Å². The zero-order valence-electron chi connectivity index (χ0n) is 8.03. The van der Waals surface area contributed by atoms with E-state index in [0.717, 1.165) is 19.6 Å². The maximum absolute atomic E-state index is 10.6. The van der Waals surface area contributed by atoms with Crippen LogP contribution < -0.4 is 0 Å². The van der Waals surface area contributed by atoms with Gasteiger partial charge in [0, 0.05) is 13.7 Å². The van der Waals surface area contributed by atoms with Crippen LogP contribution in [0.1, 0.15) is 19.3 Å². The lowest BCUT2D eigenvalue weighted by molar-refractivity contribution is -0.149. The summed E-state index contributed by atoms with van der Waals surface area (Å²) in [6, 6.07) is 0. The van der Waals surface area contributed by atoms with Gasteiger partial charge in [0.05, 0.1) is 0 Å². The highest BCUT2D eigenvalue weighted by Gasteiger charge is 2.19. The minimum absolute atomic E-state index is 0.589. The fraction of sp³-hybridized carbons (Fsp3) is 0.889. The van der Waals surface area contributed by atoms with Crippen molar-refractivity contribution in [1.82, 2.24) is 4.90 Å². The van der Waals surface area contributed by atoms with Gasteiger partial charge in [-0.25, -0.2) is 4.79 Å². The van der Waals surface area contributed by atoms with Crippen molar-refractivity contribution in [3.8, 4) is 0 Å². The van der Waals surface area contributed by atoms with Gasteiger partial charge in [0.1, 0.15) is 0 Å². The maximum atomic E-state index is 10.6. The molecule has 0 spiro atoms. The van der Waals surface area contributed by atoms with Crippen LogP contribution in [0.5, 0.6) is 0 Å². The average molecular weight is 187 g/mol. The van der Waals surface area contributed by atoms with E-state index in [2.05, 4.69) is 4.90 Å². The van der Waals surface area contributed by atoms with Crippen LogP contribution in [0, 0.1) is 0 Å². The topological polar surface area (TPSA) is 49.8 Å². The van der Waals surface area contributed by atoms with Crippen LogP contribution >= 0.6 is 0 Å². The summed E-state index contributed by atoms with van der Waals surface area (Å²) in [5.41, 5.74) is 0. The van der Waals surface area contributed by atoms with E-state index in [1.165, 1.54) is 20.0 Å². The van der Waals surface area contributed by atoms with E-state index < -0.39 is 12.1 Å². The Labute approximate surface area is 78.5 Å². The molecule has 0 radical (unpaired) electrons. The van der Waals surface area contributed by atoms with Gasteiger partial charge in [-0.3, -0.25) is 0 Å². The molecule has 76 valence electrons. The van der Waals surface area contributed by atoms with Crippen LogP contribution in [0.4, 0.5) is 0 Å². The third-order valence-electron chi connectivity index (χ3n) is 2.47. The van der Waals surface area contributed by atoms with E-state index in [1.807, 2.05) is 0 Å². The van der Waals surface area contributed by atoms with Crippen molar-refractivity contribution in [2.75, 3.05) is 26.7 Å². The van der Waals surface area contributed by atoms with Crippen molar-refractivity contribution in [1.29, 1.82) is 0 Å². The Morgan fingerprint density at radius 1 is 1.54 bits per heavy atom. The van der Waals surface area contributed by atoms with Crippen molar-refractivity contribution in [3.05, 3.63) is 0 Å². The number of carbonyl (C=O) groups is 1. The standard InChI is InChI=1S/C9H17NO3/c1-13-8(9(11)12)4-7-10-5-2-3-6-10/h8H,2-7H2,1H3,(H,11,12). The molecule has 1 aliphatic rings. The van der Waals surface area contributed by atoms with E-state index in [4.69, 9.17) is 9.84 Å². The van der Waals surface area contributed by atoms with E-state index >= 15 is 0 Å². The number of hydrogen-bond donors (Lipinski definition) is 1. The van der Waals surface area contributed by atoms with Crippen LogP contribution in [-0.4, -0.2) is 48.8 Å². The molecule has 4 nitrogen and oxygen atoms in total. The lowest BCUT2D eigenvalue weighted by Crippen LogP contribution is -2.29. The predicted molar refractivity (Wildman–Crippen MR) is 48.7 cm³/mol. The summed E-state index contributed by atoms with van der Waals surface area (Å²) in [7, 11) is 1.45. The second-order valence-electron chi connectivity index (χ2n) is 3.40. The smallest absolute Gasteiger partial charge is 0.332 e. The Morgan fingerprint density at radius 2 is 2.15 bits per heavy atom. The summed E-state index contributed by atoms with van der Waals surface area (Å²) in [6.45, 7) is 3.05. The normalized spacial score (nSPS) is 20.4. The highest BCUT2D eigenvalue weighted by atomic mass is 16.5. The molecule has 1 atom stereocenters. The minimum Gasteiger partial charge on any atom is -0.479 e. The lowest BCUT2D eigenvalue weighted by atomic mass is 10.2. The number of carboxylic acid groups (broad SMARTS) is 1. The van der Waals surface area contributed by atoms with Crippen LogP contribution in [-0.2, 0) is 9.53 Å². The van der Waals surface area contributed by atoms with Gasteiger partial charge in [-0.2, -0.15) is 0 Å². The maximum Gasteiger partial charge on any atom is 0.332 e. The first kappa shape index (κ1) is 10.5. The third kappa shape index (κ3) is 3.32. The van der Waals surface area contributed by atoms with Gasteiger partial charge in [-0.15, -0.1) is 0 Å². The number of methoxy groups -OCH3 is 1. The molecular weight excluding hydrogens is 170 g/mol. The zero-order valence-corrected chi connectivity index (χ0v) is 8.03. The third-order valence-corrected chi connectivity index (χ3v) is 2.47. The van der Waals surface area contributed by atoms with Crippen LogP contribution in [0.15, 0.2) is 0 Å². The molecule has 0 aromatic heterocycles. The van der Waals surface area contributed by atoms with Gasteiger partial charge < -0.3 is 14.7 Å². The van der Waals surface area contributed by atoms with Crippen molar-refractivity contribution < 1.29 is 14.6 Å². The molecule has 1 heterocycles. The second kappa shape index (κ2) is 5.19. The number of likely N-dealkylation sites (tertiary alicyclic amines) is 1. The Morgan fingerprint density at radius 3 is 2.62 bits per heavy atom. The molecule has 1 aliphatic heterocycles.